The van der Waals surface area contributed by atoms with E-state index in [-0.39, 0.29) is 19.8 Å². The molecule has 0 bridgehead atoms. The van der Waals surface area contributed by atoms with Gasteiger partial charge in [-0.2, -0.15) is 0 Å². The number of rotatable bonds is 28. The lowest BCUT2D eigenvalue weighted by Crippen LogP contribution is -2.26. The predicted molar refractivity (Wildman–Crippen MR) is 160 cm³/mol. The molecule has 0 unspecified atom stereocenters. The van der Waals surface area contributed by atoms with Crippen LogP contribution >= 0.6 is 0 Å². The Hall–Kier alpha value is -2.43. The lowest BCUT2D eigenvalue weighted by atomic mass is 10.0. The van der Waals surface area contributed by atoms with Gasteiger partial charge in [0.1, 0.15) is 13.2 Å². The molecule has 0 spiro atoms. The minimum absolute atomic E-state index is 0.157. The van der Waals surface area contributed by atoms with Crippen LogP contribution in [0.3, 0.4) is 0 Å². The molecule has 236 valence electrons. The number of aromatic nitrogens is 1. The highest BCUT2D eigenvalue weighted by Gasteiger charge is 2.03. The summed E-state index contributed by atoms with van der Waals surface area (Å²) in [5.74, 6) is 0. The zero-order valence-electron chi connectivity index (χ0n) is 25.4. The van der Waals surface area contributed by atoms with Gasteiger partial charge in [-0.3, -0.25) is 4.98 Å². The summed E-state index contributed by atoms with van der Waals surface area (Å²) in [4.78, 5) is 27.4. The molecule has 0 atom stereocenters. The number of pyridine rings is 1. The van der Waals surface area contributed by atoms with Gasteiger partial charge in [0.2, 0.25) is 0 Å². The van der Waals surface area contributed by atoms with Crippen molar-refractivity contribution in [2.45, 2.75) is 96.9 Å². The van der Waals surface area contributed by atoms with Crippen molar-refractivity contribution in [3.05, 3.63) is 30.1 Å². The van der Waals surface area contributed by atoms with E-state index in [9.17, 15) is 9.59 Å². The molecule has 0 aliphatic heterocycles. The minimum Gasteiger partial charge on any atom is -0.447 e. The molecule has 1 aromatic heterocycles. The summed E-state index contributed by atoms with van der Waals surface area (Å²) in [7, 11) is 0. The Kier molecular flexibility index (Phi) is 26.0. The summed E-state index contributed by atoms with van der Waals surface area (Å²) in [6.45, 7) is 5.83. The molecule has 0 aromatic carbocycles. The number of carbonyl (C=O) groups is 2. The van der Waals surface area contributed by atoms with Crippen LogP contribution in [0.25, 0.3) is 0 Å². The van der Waals surface area contributed by atoms with E-state index in [1.165, 1.54) is 70.6 Å². The van der Waals surface area contributed by atoms with Gasteiger partial charge >= 0.3 is 12.2 Å². The van der Waals surface area contributed by atoms with Gasteiger partial charge in [-0.05, 0) is 18.6 Å². The van der Waals surface area contributed by atoms with Crippen LogP contribution in [0.4, 0.5) is 9.59 Å². The van der Waals surface area contributed by atoms with Crippen molar-refractivity contribution in [2.24, 2.45) is 0 Å². The van der Waals surface area contributed by atoms with Gasteiger partial charge in [0.05, 0.1) is 51.9 Å². The summed E-state index contributed by atoms with van der Waals surface area (Å²) in [5.41, 5.74) is 0.759. The van der Waals surface area contributed by atoms with Crippen LogP contribution in [0.15, 0.2) is 24.4 Å². The quantitative estimate of drug-likeness (QED) is 0.113. The summed E-state index contributed by atoms with van der Waals surface area (Å²) in [6.07, 6.45) is 17.8. The molecule has 0 saturated heterocycles. The first kappa shape index (κ1) is 36.6. The van der Waals surface area contributed by atoms with Crippen molar-refractivity contribution in [2.75, 3.05) is 59.4 Å². The van der Waals surface area contributed by atoms with Crippen LogP contribution in [-0.2, 0) is 30.2 Å². The maximum absolute atomic E-state index is 11.7. The minimum atomic E-state index is -0.510. The Balaban J connectivity index is 1.72. The number of ether oxygens (including phenoxy) is 5. The Bertz CT molecular complexity index is 725. The first-order valence-electron chi connectivity index (χ1n) is 15.7. The van der Waals surface area contributed by atoms with E-state index >= 15 is 0 Å². The highest BCUT2D eigenvalue weighted by Crippen LogP contribution is 2.12. The topological polar surface area (TPSA) is 117 Å². The van der Waals surface area contributed by atoms with Gasteiger partial charge in [0, 0.05) is 12.7 Å². The molecule has 10 heteroatoms. The fraction of sp³-hybridized carbons (Fsp3) is 0.774. The van der Waals surface area contributed by atoms with Crippen molar-refractivity contribution in [3.8, 4) is 0 Å². The number of unbranched alkanes of at least 4 members (excludes halogenated alkanes) is 12. The zero-order chi connectivity index (χ0) is 29.5. The number of amides is 2. The summed E-state index contributed by atoms with van der Waals surface area (Å²) >= 11 is 0. The molecule has 1 aromatic rings. The standard InChI is InChI=1S/C31H55N3O7/c1-2-3-4-5-6-7-8-9-10-11-12-13-15-19-33-30(35)40-26-24-38-22-20-37-21-23-39-25-27-41-31(36)34-28-29-17-14-16-18-32-29/h14,16-18H,2-13,15,19-28H2,1H3,(H,33,35)(H,34,36). The van der Waals surface area contributed by atoms with Gasteiger partial charge in [0.25, 0.3) is 0 Å². The highest BCUT2D eigenvalue weighted by molar-refractivity contribution is 5.67. The van der Waals surface area contributed by atoms with E-state index < -0.39 is 12.2 Å². The van der Waals surface area contributed by atoms with E-state index in [4.69, 9.17) is 23.7 Å². The van der Waals surface area contributed by atoms with Crippen molar-refractivity contribution in [3.63, 3.8) is 0 Å². The molecule has 0 saturated carbocycles. The normalized spacial score (nSPS) is 10.9. The van der Waals surface area contributed by atoms with Crippen LogP contribution < -0.4 is 10.6 Å². The first-order valence-corrected chi connectivity index (χ1v) is 15.7. The highest BCUT2D eigenvalue weighted by atomic mass is 16.6. The summed E-state index contributed by atoms with van der Waals surface area (Å²) < 4.78 is 26.3. The van der Waals surface area contributed by atoms with Crippen molar-refractivity contribution in [1.29, 1.82) is 0 Å². The molecule has 0 aliphatic carbocycles. The van der Waals surface area contributed by atoms with Gasteiger partial charge in [-0.25, -0.2) is 9.59 Å². The molecule has 1 heterocycles. The predicted octanol–water partition coefficient (Wildman–Crippen LogP) is 6.18. The van der Waals surface area contributed by atoms with Crippen molar-refractivity contribution in [1.82, 2.24) is 15.6 Å². The Morgan fingerprint density at radius 2 is 1.07 bits per heavy atom. The fourth-order valence-electron chi connectivity index (χ4n) is 4.03. The third-order valence-corrected chi connectivity index (χ3v) is 6.36. The molecule has 41 heavy (non-hydrogen) atoms. The van der Waals surface area contributed by atoms with Gasteiger partial charge in [-0.1, -0.05) is 90.0 Å². The average Bonchev–Trinajstić information content (AvgIpc) is 2.99. The summed E-state index contributed by atoms with van der Waals surface area (Å²) in [6, 6.07) is 5.49. The van der Waals surface area contributed by atoms with Crippen LogP contribution in [-0.4, -0.2) is 76.6 Å². The third-order valence-electron chi connectivity index (χ3n) is 6.36. The SMILES string of the molecule is CCCCCCCCCCCCCCCNC(=O)OCCOCCOCCOCCOC(=O)NCc1ccccn1. The van der Waals surface area contributed by atoms with Gasteiger partial charge in [0.15, 0.2) is 0 Å². The number of hydrogen-bond donors (Lipinski definition) is 2. The molecule has 10 nitrogen and oxygen atoms in total. The monoisotopic (exact) mass is 581 g/mol. The van der Waals surface area contributed by atoms with E-state index in [0.29, 0.717) is 46.1 Å². The Morgan fingerprint density at radius 1 is 0.610 bits per heavy atom. The lowest BCUT2D eigenvalue weighted by molar-refractivity contribution is -0.000663. The molecule has 2 N–H and O–H groups in total. The maximum Gasteiger partial charge on any atom is 0.407 e. The second-order valence-electron chi connectivity index (χ2n) is 9.95. The number of alkyl carbamates (subject to hydrolysis) is 2. The molecular formula is C31H55N3O7. The fourth-order valence-corrected chi connectivity index (χ4v) is 4.03. The van der Waals surface area contributed by atoms with Crippen LogP contribution in [0.2, 0.25) is 0 Å². The number of carbonyl (C=O) groups excluding carboxylic acids is 2. The van der Waals surface area contributed by atoms with E-state index in [1.807, 2.05) is 18.2 Å². The van der Waals surface area contributed by atoms with Crippen LogP contribution in [0, 0.1) is 0 Å². The molecule has 2 amide bonds. The van der Waals surface area contributed by atoms with Gasteiger partial charge < -0.3 is 34.3 Å². The van der Waals surface area contributed by atoms with Crippen molar-refractivity contribution >= 4 is 12.2 Å². The average molecular weight is 582 g/mol. The van der Waals surface area contributed by atoms with Crippen molar-refractivity contribution < 1.29 is 33.3 Å². The lowest BCUT2D eigenvalue weighted by Gasteiger charge is -2.09. The first-order chi connectivity index (χ1) is 20.2. The molecule has 0 aliphatic rings. The van der Waals surface area contributed by atoms with Crippen LogP contribution in [0.1, 0.15) is 96.1 Å². The third kappa shape index (κ3) is 26.2. The largest absolute Gasteiger partial charge is 0.447 e. The molecule has 0 radical (unpaired) electrons. The zero-order valence-corrected chi connectivity index (χ0v) is 25.4. The summed E-state index contributed by atoms with van der Waals surface area (Å²) in [5, 5.41) is 5.42. The van der Waals surface area contributed by atoms with Gasteiger partial charge in [-0.15, -0.1) is 0 Å². The number of hydrogen-bond acceptors (Lipinski definition) is 8. The van der Waals surface area contributed by atoms with E-state index in [0.717, 1.165) is 18.5 Å². The molecule has 0 fully saturated rings. The second-order valence-corrected chi connectivity index (χ2v) is 9.95. The van der Waals surface area contributed by atoms with E-state index in [2.05, 4.69) is 22.5 Å². The number of nitrogens with one attached hydrogen (secondary N) is 2. The second kappa shape index (κ2) is 29.1. The number of nitrogens with zero attached hydrogens (tertiary/aromatic N) is 1. The molecule has 1 rings (SSSR count). The van der Waals surface area contributed by atoms with E-state index in [1.54, 1.807) is 6.20 Å². The smallest absolute Gasteiger partial charge is 0.407 e. The van der Waals surface area contributed by atoms with Crippen LogP contribution in [0.5, 0.6) is 0 Å². The Labute approximate surface area is 247 Å². The maximum atomic E-state index is 11.7. The Morgan fingerprint density at radius 3 is 1.56 bits per heavy atom. The molecular weight excluding hydrogens is 526 g/mol.